The van der Waals surface area contributed by atoms with Gasteiger partial charge in [0.1, 0.15) is 11.6 Å². The van der Waals surface area contributed by atoms with Crippen LogP contribution in [-0.2, 0) is 17.8 Å². The third-order valence-electron chi connectivity index (χ3n) is 4.21. The van der Waals surface area contributed by atoms with Gasteiger partial charge in [-0.05, 0) is 35.4 Å². The van der Waals surface area contributed by atoms with Crippen molar-refractivity contribution >= 4 is 17.4 Å². The molecule has 0 radical (unpaired) electrons. The van der Waals surface area contributed by atoms with Crippen LogP contribution in [0, 0.1) is 0 Å². The Morgan fingerprint density at radius 3 is 2.37 bits per heavy atom. The average molecular weight is 361 g/mol. The first kappa shape index (κ1) is 18.5. The van der Waals surface area contributed by atoms with Crippen molar-refractivity contribution in [3.05, 3.63) is 84.1 Å². The fraction of sp³-hybridized carbons (Fsp3) is 0.182. The van der Waals surface area contributed by atoms with Gasteiger partial charge in [-0.25, -0.2) is 4.98 Å². The van der Waals surface area contributed by atoms with Gasteiger partial charge in [0.15, 0.2) is 0 Å². The number of pyridine rings is 1. The van der Waals surface area contributed by atoms with Crippen LogP contribution in [0.15, 0.2) is 72.9 Å². The summed E-state index contributed by atoms with van der Waals surface area (Å²) in [5.41, 5.74) is 2.84. The predicted octanol–water partition coefficient (Wildman–Crippen LogP) is 3.91. The maximum absolute atomic E-state index is 12.2. The Balaban J connectivity index is 1.55. The summed E-state index contributed by atoms with van der Waals surface area (Å²) in [5, 5.41) is 2.88. The van der Waals surface area contributed by atoms with Gasteiger partial charge in [0.2, 0.25) is 5.91 Å². The Morgan fingerprint density at radius 1 is 1.00 bits per heavy atom. The monoisotopic (exact) mass is 361 g/mol. The first-order chi connectivity index (χ1) is 13.1. The van der Waals surface area contributed by atoms with E-state index < -0.39 is 0 Å². The third-order valence-corrected chi connectivity index (χ3v) is 4.21. The van der Waals surface area contributed by atoms with Crippen molar-refractivity contribution in [2.24, 2.45) is 0 Å². The number of nitrogens with zero attached hydrogens (tertiary/aromatic N) is 2. The van der Waals surface area contributed by atoms with E-state index >= 15 is 0 Å². The minimum atomic E-state index is -0.0765. The van der Waals surface area contributed by atoms with E-state index in [2.05, 4.69) is 27.3 Å². The summed E-state index contributed by atoms with van der Waals surface area (Å²) in [7, 11) is 3.62. The van der Waals surface area contributed by atoms with Crippen LogP contribution in [0.3, 0.4) is 0 Å². The van der Waals surface area contributed by atoms with Crippen LogP contribution >= 0.6 is 0 Å². The SMILES string of the molecule is COc1ccc(CC(=O)Nc2ccc(N(C)Cc3ccccc3)nc2)cc1. The summed E-state index contributed by atoms with van der Waals surface area (Å²) in [6.07, 6.45) is 1.99. The number of carbonyl (C=O) groups is 1. The van der Waals surface area contributed by atoms with Crippen molar-refractivity contribution in [2.45, 2.75) is 13.0 Å². The summed E-state index contributed by atoms with van der Waals surface area (Å²) in [6.45, 7) is 0.775. The predicted molar refractivity (Wildman–Crippen MR) is 108 cm³/mol. The molecule has 3 rings (SSSR count). The number of methoxy groups -OCH3 is 1. The van der Waals surface area contributed by atoms with E-state index in [0.29, 0.717) is 12.1 Å². The molecule has 0 aliphatic rings. The number of ether oxygens (including phenoxy) is 1. The van der Waals surface area contributed by atoms with E-state index in [4.69, 9.17) is 4.74 Å². The topological polar surface area (TPSA) is 54.5 Å². The molecule has 0 aliphatic heterocycles. The summed E-state index contributed by atoms with van der Waals surface area (Å²) in [4.78, 5) is 18.7. The molecule has 0 saturated heterocycles. The highest BCUT2D eigenvalue weighted by molar-refractivity contribution is 5.92. The molecule has 27 heavy (non-hydrogen) atoms. The Kier molecular flexibility index (Phi) is 6.05. The number of carbonyl (C=O) groups excluding carboxylic acids is 1. The van der Waals surface area contributed by atoms with Crippen LogP contribution in [0.25, 0.3) is 0 Å². The molecule has 0 bridgehead atoms. The van der Waals surface area contributed by atoms with Gasteiger partial charge in [0, 0.05) is 13.6 Å². The molecule has 3 aromatic rings. The largest absolute Gasteiger partial charge is 0.497 e. The Labute approximate surface area is 159 Å². The van der Waals surface area contributed by atoms with E-state index in [1.54, 1.807) is 13.3 Å². The quantitative estimate of drug-likeness (QED) is 0.693. The molecule has 0 spiro atoms. The molecule has 1 aromatic heterocycles. The van der Waals surface area contributed by atoms with E-state index in [9.17, 15) is 4.79 Å². The fourth-order valence-corrected chi connectivity index (χ4v) is 2.76. The lowest BCUT2D eigenvalue weighted by atomic mass is 10.1. The lowest BCUT2D eigenvalue weighted by Gasteiger charge is -2.18. The fourth-order valence-electron chi connectivity index (χ4n) is 2.76. The molecule has 1 amide bonds. The Hall–Kier alpha value is -3.34. The minimum absolute atomic E-state index is 0.0765. The summed E-state index contributed by atoms with van der Waals surface area (Å²) in [6, 6.07) is 21.5. The molecule has 0 aliphatic carbocycles. The molecular weight excluding hydrogens is 338 g/mol. The molecular formula is C22H23N3O2. The maximum atomic E-state index is 12.2. The number of nitrogens with one attached hydrogen (secondary N) is 1. The molecule has 0 saturated carbocycles. The van der Waals surface area contributed by atoms with E-state index in [-0.39, 0.29) is 5.91 Å². The highest BCUT2D eigenvalue weighted by atomic mass is 16.5. The number of benzene rings is 2. The van der Waals surface area contributed by atoms with Crippen molar-refractivity contribution < 1.29 is 9.53 Å². The molecule has 0 fully saturated rings. The van der Waals surface area contributed by atoms with Crippen LogP contribution in [-0.4, -0.2) is 25.0 Å². The molecule has 5 heteroatoms. The van der Waals surface area contributed by atoms with Gasteiger partial charge in [0.05, 0.1) is 25.4 Å². The van der Waals surface area contributed by atoms with Crippen molar-refractivity contribution in [1.82, 2.24) is 4.98 Å². The van der Waals surface area contributed by atoms with Crippen molar-refractivity contribution in [1.29, 1.82) is 0 Å². The minimum Gasteiger partial charge on any atom is -0.497 e. The maximum Gasteiger partial charge on any atom is 0.228 e. The summed E-state index contributed by atoms with van der Waals surface area (Å²) < 4.78 is 5.12. The van der Waals surface area contributed by atoms with Gasteiger partial charge in [0.25, 0.3) is 0 Å². The average Bonchev–Trinajstić information content (AvgIpc) is 2.70. The highest BCUT2D eigenvalue weighted by Crippen LogP contribution is 2.16. The normalized spacial score (nSPS) is 10.3. The summed E-state index contributed by atoms with van der Waals surface area (Å²) in [5.74, 6) is 1.55. The van der Waals surface area contributed by atoms with Crippen LogP contribution in [0.4, 0.5) is 11.5 Å². The number of anilines is 2. The van der Waals surface area contributed by atoms with Crippen LogP contribution in [0.2, 0.25) is 0 Å². The van der Waals surface area contributed by atoms with Gasteiger partial charge in [-0.1, -0.05) is 42.5 Å². The van der Waals surface area contributed by atoms with Gasteiger partial charge in [-0.2, -0.15) is 0 Å². The van der Waals surface area contributed by atoms with Gasteiger partial charge in [-0.15, -0.1) is 0 Å². The van der Waals surface area contributed by atoms with Crippen LogP contribution in [0.5, 0.6) is 5.75 Å². The van der Waals surface area contributed by atoms with E-state index in [0.717, 1.165) is 23.7 Å². The Morgan fingerprint density at radius 2 is 1.74 bits per heavy atom. The molecule has 1 N–H and O–H groups in total. The molecule has 0 unspecified atom stereocenters. The van der Waals surface area contributed by atoms with Gasteiger partial charge < -0.3 is 15.0 Å². The Bertz CT molecular complexity index is 862. The second kappa shape index (κ2) is 8.85. The highest BCUT2D eigenvalue weighted by Gasteiger charge is 2.07. The number of aromatic nitrogens is 1. The second-order valence-corrected chi connectivity index (χ2v) is 6.32. The smallest absolute Gasteiger partial charge is 0.228 e. The number of hydrogen-bond acceptors (Lipinski definition) is 4. The first-order valence-corrected chi connectivity index (χ1v) is 8.78. The van der Waals surface area contributed by atoms with Crippen molar-refractivity contribution in [3.8, 4) is 5.75 Å². The van der Waals surface area contributed by atoms with Gasteiger partial charge >= 0.3 is 0 Å². The number of hydrogen-bond donors (Lipinski definition) is 1. The first-order valence-electron chi connectivity index (χ1n) is 8.78. The molecule has 0 atom stereocenters. The van der Waals surface area contributed by atoms with Crippen molar-refractivity contribution in [2.75, 3.05) is 24.4 Å². The zero-order valence-corrected chi connectivity index (χ0v) is 15.6. The zero-order valence-electron chi connectivity index (χ0n) is 15.6. The van der Waals surface area contributed by atoms with Gasteiger partial charge in [-0.3, -0.25) is 4.79 Å². The van der Waals surface area contributed by atoms with Crippen molar-refractivity contribution in [3.63, 3.8) is 0 Å². The number of rotatable bonds is 7. The summed E-state index contributed by atoms with van der Waals surface area (Å²) >= 11 is 0. The van der Waals surface area contributed by atoms with Crippen LogP contribution in [0.1, 0.15) is 11.1 Å². The lowest BCUT2D eigenvalue weighted by Crippen LogP contribution is -2.18. The van der Waals surface area contributed by atoms with Crippen LogP contribution < -0.4 is 15.0 Å². The number of amides is 1. The second-order valence-electron chi connectivity index (χ2n) is 6.32. The standard InChI is InChI=1S/C22H23N3O2/c1-25(16-18-6-4-3-5-7-18)21-13-10-19(15-23-21)24-22(26)14-17-8-11-20(27-2)12-9-17/h3-13,15H,14,16H2,1-2H3,(H,24,26). The third kappa shape index (κ3) is 5.31. The molecule has 5 nitrogen and oxygen atoms in total. The molecule has 2 aromatic carbocycles. The molecule has 138 valence electrons. The zero-order chi connectivity index (χ0) is 19.1. The lowest BCUT2D eigenvalue weighted by molar-refractivity contribution is -0.115. The van der Waals surface area contributed by atoms with E-state index in [1.807, 2.05) is 61.6 Å². The molecule has 1 heterocycles. The van der Waals surface area contributed by atoms with E-state index in [1.165, 1.54) is 5.56 Å².